The zero-order valence-electron chi connectivity index (χ0n) is 13.1. The van der Waals surface area contributed by atoms with E-state index in [1.54, 1.807) is 0 Å². The first-order valence-electron chi connectivity index (χ1n) is 7.48. The molecule has 1 fully saturated rings. The van der Waals surface area contributed by atoms with Crippen molar-refractivity contribution >= 4 is 5.97 Å². The first kappa shape index (κ1) is 16.4. The number of carbonyl (C=O) groups is 1. The fourth-order valence-corrected chi connectivity index (χ4v) is 2.86. The molecule has 1 saturated carbocycles. The molecule has 0 aromatic carbocycles. The molecule has 4 nitrogen and oxygen atoms in total. The van der Waals surface area contributed by atoms with Gasteiger partial charge in [0.1, 0.15) is 6.04 Å². The zero-order valence-corrected chi connectivity index (χ0v) is 13.1. The topological polar surface area (TPSA) is 41.6 Å². The van der Waals surface area contributed by atoms with Crippen LogP contribution in [-0.2, 0) is 9.53 Å². The maximum absolute atomic E-state index is 11.8. The lowest BCUT2D eigenvalue weighted by molar-refractivity contribution is -0.144. The number of ether oxygens (including phenoxy) is 1. The molecule has 19 heavy (non-hydrogen) atoms. The van der Waals surface area contributed by atoms with Gasteiger partial charge in [0.2, 0.25) is 0 Å². The molecule has 0 radical (unpaired) electrons. The number of likely N-dealkylation sites (N-methyl/N-ethyl adjacent to an activating group) is 1. The third kappa shape index (κ3) is 5.49. The Morgan fingerprint density at radius 2 is 1.89 bits per heavy atom. The number of rotatable bonds is 6. The fourth-order valence-electron chi connectivity index (χ4n) is 2.86. The second kappa shape index (κ2) is 7.85. The molecule has 0 heterocycles. The van der Waals surface area contributed by atoms with Crippen LogP contribution in [0, 0.1) is 5.92 Å². The standard InChI is InChI=1S/C15H30N2O2/c1-11(2)16-14(15(18)19-5)10-17(4)13-8-6-12(3)7-9-13/h11-14,16H,6-10H2,1-5H3. The molecule has 1 aliphatic rings. The smallest absolute Gasteiger partial charge is 0.324 e. The molecule has 1 N–H and O–H groups in total. The second-order valence-corrected chi connectivity index (χ2v) is 6.25. The largest absolute Gasteiger partial charge is 0.468 e. The number of carbonyl (C=O) groups excluding carboxylic acids is 1. The molecule has 0 spiro atoms. The number of hydrogen-bond donors (Lipinski definition) is 1. The van der Waals surface area contributed by atoms with Crippen molar-refractivity contribution in [2.45, 2.75) is 64.6 Å². The van der Waals surface area contributed by atoms with Gasteiger partial charge in [-0.05, 0) is 38.6 Å². The number of nitrogens with zero attached hydrogens (tertiary/aromatic N) is 1. The summed E-state index contributed by atoms with van der Waals surface area (Å²) in [5, 5.41) is 3.29. The van der Waals surface area contributed by atoms with E-state index in [9.17, 15) is 4.79 Å². The van der Waals surface area contributed by atoms with Crippen molar-refractivity contribution in [3.05, 3.63) is 0 Å². The van der Waals surface area contributed by atoms with E-state index in [1.165, 1.54) is 32.8 Å². The molecule has 1 unspecified atom stereocenters. The van der Waals surface area contributed by atoms with Crippen LogP contribution >= 0.6 is 0 Å². The average molecular weight is 270 g/mol. The summed E-state index contributed by atoms with van der Waals surface area (Å²) in [6.07, 6.45) is 5.09. The highest BCUT2D eigenvalue weighted by atomic mass is 16.5. The van der Waals surface area contributed by atoms with Crippen molar-refractivity contribution in [2.24, 2.45) is 5.92 Å². The Kier molecular flexibility index (Phi) is 6.80. The van der Waals surface area contributed by atoms with Gasteiger partial charge < -0.3 is 15.0 Å². The first-order valence-corrected chi connectivity index (χ1v) is 7.48. The van der Waals surface area contributed by atoms with Crippen LogP contribution in [0.25, 0.3) is 0 Å². The minimum absolute atomic E-state index is 0.162. The lowest BCUT2D eigenvalue weighted by Gasteiger charge is -2.35. The molecular formula is C15H30N2O2. The van der Waals surface area contributed by atoms with E-state index in [2.05, 4.69) is 38.0 Å². The van der Waals surface area contributed by atoms with Crippen molar-refractivity contribution in [1.29, 1.82) is 0 Å². The highest BCUT2D eigenvalue weighted by Crippen LogP contribution is 2.26. The lowest BCUT2D eigenvalue weighted by atomic mass is 9.86. The molecule has 112 valence electrons. The van der Waals surface area contributed by atoms with Crippen molar-refractivity contribution in [3.63, 3.8) is 0 Å². The molecule has 0 bridgehead atoms. The maximum Gasteiger partial charge on any atom is 0.324 e. The van der Waals surface area contributed by atoms with Gasteiger partial charge in [0, 0.05) is 18.6 Å². The third-order valence-corrected chi connectivity index (χ3v) is 4.10. The highest BCUT2D eigenvalue weighted by molar-refractivity contribution is 5.76. The lowest BCUT2D eigenvalue weighted by Crippen LogP contribution is -2.50. The Morgan fingerprint density at radius 3 is 2.37 bits per heavy atom. The number of methoxy groups -OCH3 is 1. The third-order valence-electron chi connectivity index (χ3n) is 4.10. The summed E-state index contributed by atoms with van der Waals surface area (Å²) in [6, 6.07) is 0.663. The van der Waals surface area contributed by atoms with Gasteiger partial charge in [0.15, 0.2) is 0 Å². The summed E-state index contributed by atoms with van der Waals surface area (Å²) >= 11 is 0. The Bertz CT molecular complexity index is 273. The number of nitrogens with one attached hydrogen (secondary N) is 1. The van der Waals surface area contributed by atoms with E-state index in [4.69, 9.17) is 4.74 Å². The van der Waals surface area contributed by atoms with Gasteiger partial charge in [-0.25, -0.2) is 0 Å². The van der Waals surface area contributed by atoms with Crippen LogP contribution in [0.3, 0.4) is 0 Å². The van der Waals surface area contributed by atoms with E-state index in [0.29, 0.717) is 6.04 Å². The number of esters is 1. The van der Waals surface area contributed by atoms with Crippen LogP contribution in [0.5, 0.6) is 0 Å². The quantitative estimate of drug-likeness (QED) is 0.750. The Hall–Kier alpha value is -0.610. The van der Waals surface area contributed by atoms with Crippen LogP contribution in [0.1, 0.15) is 46.5 Å². The van der Waals surface area contributed by atoms with Gasteiger partial charge in [-0.2, -0.15) is 0 Å². The Morgan fingerprint density at radius 1 is 1.32 bits per heavy atom. The molecule has 1 atom stereocenters. The van der Waals surface area contributed by atoms with Crippen LogP contribution in [0.2, 0.25) is 0 Å². The predicted molar refractivity (Wildman–Crippen MR) is 78.1 cm³/mol. The summed E-state index contributed by atoms with van der Waals surface area (Å²) in [6.45, 7) is 7.16. The van der Waals surface area contributed by atoms with Gasteiger partial charge in [0.05, 0.1) is 7.11 Å². The van der Waals surface area contributed by atoms with Crippen molar-refractivity contribution < 1.29 is 9.53 Å². The Labute approximate surface area is 117 Å². The fraction of sp³-hybridized carbons (Fsp3) is 0.933. The maximum atomic E-state index is 11.8. The molecule has 0 aliphatic heterocycles. The Balaban J connectivity index is 2.50. The van der Waals surface area contributed by atoms with Gasteiger partial charge in [-0.1, -0.05) is 20.8 Å². The molecule has 1 aliphatic carbocycles. The molecule has 0 aromatic rings. The molecular weight excluding hydrogens is 240 g/mol. The molecule has 0 aromatic heterocycles. The van der Waals surface area contributed by atoms with Crippen LogP contribution in [0.4, 0.5) is 0 Å². The summed E-state index contributed by atoms with van der Waals surface area (Å²) in [5.41, 5.74) is 0. The van der Waals surface area contributed by atoms with Gasteiger partial charge in [-0.15, -0.1) is 0 Å². The van der Waals surface area contributed by atoms with E-state index in [1.807, 2.05) is 0 Å². The molecule has 4 heteroatoms. The van der Waals surface area contributed by atoms with E-state index >= 15 is 0 Å². The predicted octanol–water partition coefficient (Wildman–Crippen LogP) is 2.04. The van der Waals surface area contributed by atoms with Crippen LogP contribution in [-0.4, -0.2) is 49.7 Å². The summed E-state index contributed by atoms with van der Waals surface area (Å²) < 4.78 is 4.89. The van der Waals surface area contributed by atoms with Crippen LogP contribution < -0.4 is 5.32 Å². The van der Waals surface area contributed by atoms with Gasteiger partial charge in [-0.3, -0.25) is 4.79 Å². The normalized spacial score (nSPS) is 25.6. The number of hydrogen-bond acceptors (Lipinski definition) is 4. The average Bonchev–Trinajstić information content (AvgIpc) is 2.37. The van der Waals surface area contributed by atoms with Crippen molar-refractivity contribution in [2.75, 3.05) is 20.7 Å². The van der Waals surface area contributed by atoms with Gasteiger partial charge >= 0.3 is 5.97 Å². The summed E-state index contributed by atoms with van der Waals surface area (Å²) in [5.74, 6) is 0.694. The van der Waals surface area contributed by atoms with E-state index in [0.717, 1.165) is 12.5 Å². The summed E-state index contributed by atoms with van der Waals surface area (Å²) in [7, 11) is 3.58. The van der Waals surface area contributed by atoms with E-state index in [-0.39, 0.29) is 18.1 Å². The monoisotopic (exact) mass is 270 g/mol. The van der Waals surface area contributed by atoms with Crippen molar-refractivity contribution in [3.8, 4) is 0 Å². The van der Waals surface area contributed by atoms with E-state index < -0.39 is 0 Å². The first-order chi connectivity index (χ1) is 8.93. The second-order valence-electron chi connectivity index (χ2n) is 6.25. The zero-order chi connectivity index (χ0) is 14.4. The van der Waals surface area contributed by atoms with Crippen molar-refractivity contribution in [1.82, 2.24) is 10.2 Å². The SMILES string of the molecule is COC(=O)C(CN(C)C1CCC(C)CC1)NC(C)C. The minimum atomic E-state index is -0.227. The minimum Gasteiger partial charge on any atom is -0.468 e. The highest BCUT2D eigenvalue weighted by Gasteiger charge is 2.27. The molecule has 0 saturated heterocycles. The van der Waals surface area contributed by atoms with Crippen LogP contribution in [0.15, 0.2) is 0 Å². The molecule has 1 rings (SSSR count). The van der Waals surface area contributed by atoms with Gasteiger partial charge in [0.25, 0.3) is 0 Å². The summed E-state index contributed by atoms with van der Waals surface area (Å²) in [4.78, 5) is 14.1. The molecule has 0 amide bonds.